The largest absolute Gasteiger partial charge is 0.497 e. The van der Waals surface area contributed by atoms with Crippen molar-refractivity contribution in [3.63, 3.8) is 0 Å². The molecule has 2 rings (SSSR count). The van der Waals surface area contributed by atoms with Crippen molar-refractivity contribution < 1.29 is 9.13 Å². The molecule has 0 heterocycles. The number of nitrogens with two attached hydrogens (primary N) is 1. The molecule has 104 valence electrons. The second-order valence-electron chi connectivity index (χ2n) is 4.19. The molecule has 2 aromatic rings. The molecule has 2 aromatic carbocycles. The van der Waals surface area contributed by atoms with Crippen LogP contribution in [0.1, 0.15) is 5.56 Å². The molecule has 20 heavy (non-hydrogen) atoms. The summed E-state index contributed by atoms with van der Waals surface area (Å²) in [6.45, 7) is 0.464. The van der Waals surface area contributed by atoms with Gasteiger partial charge in [0.15, 0.2) is 5.96 Å². The summed E-state index contributed by atoms with van der Waals surface area (Å²) in [5.41, 5.74) is 7.32. The number of benzene rings is 2. The van der Waals surface area contributed by atoms with Crippen molar-refractivity contribution in [1.29, 1.82) is 0 Å². The maximum absolute atomic E-state index is 13.3. The van der Waals surface area contributed by atoms with Gasteiger partial charge in [0.05, 0.1) is 13.7 Å². The monoisotopic (exact) mass is 273 g/mol. The average molecular weight is 273 g/mol. The van der Waals surface area contributed by atoms with Crippen molar-refractivity contribution in [1.82, 2.24) is 0 Å². The Hall–Kier alpha value is -2.56. The Morgan fingerprint density at radius 3 is 2.70 bits per heavy atom. The van der Waals surface area contributed by atoms with Gasteiger partial charge in [0.25, 0.3) is 0 Å². The maximum Gasteiger partial charge on any atom is 0.193 e. The van der Waals surface area contributed by atoms with Crippen LogP contribution in [0.2, 0.25) is 0 Å². The third-order valence-corrected chi connectivity index (χ3v) is 2.65. The molecule has 0 aliphatic carbocycles. The Morgan fingerprint density at radius 1 is 1.25 bits per heavy atom. The van der Waals surface area contributed by atoms with Gasteiger partial charge in [-0.1, -0.05) is 30.3 Å². The van der Waals surface area contributed by atoms with E-state index in [1.54, 1.807) is 6.07 Å². The maximum atomic E-state index is 13.3. The normalized spacial score (nSPS) is 11.2. The van der Waals surface area contributed by atoms with Gasteiger partial charge in [0, 0.05) is 17.8 Å². The number of ether oxygens (including phenoxy) is 1. The molecular formula is C15H16FN3O. The summed E-state index contributed by atoms with van der Waals surface area (Å²) < 4.78 is 18.3. The lowest BCUT2D eigenvalue weighted by molar-refractivity contribution is 0.411. The number of halogens is 1. The van der Waals surface area contributed by atoms with E-state index < -0.39 is 5.82 Å². The minimum Gasteiger partial charge on any atom is -0.497 e. The highest BCUT2D eigenvalue weighted by molar-refractivity contribution is 5.92. The van der Waals surface area contributed by atoms with E-state index in [9.17, 15) is 4.39 Å². The first-order chi connectivity index (χ1) is 9.67. The van der Waals surface area contributed by atoms with Crippen molar-refractivity contribution in [2.24, 2.45) is 10.7 Å². The molecule has 0 unspecified atom stereocenters. The number of nitrogens with one attached hydrogen (secondary N) is 1. The van der Waals surface area contributed by atoms with Crippen LogP contribution in [-0.2, 0) is 6.54 Å². The summed E-state index contributed by atoms with van der Waals surface area (Å²) in [5, 5.41) is 2.84. The molecule has 0 aromatic heterocycles. The smallest absolute Gasteiger partial charge is 0.193 e. The second kappa shape index (κ2) is 6.56. The molecule has 0 fully saturated rings. The minimum absolute atomic E-state index is 0.224. The summed E-state index contributed by atoms with van der Waals surface area (Å²) in [5.74, 6) is 0.243. The van der Waals surface area contributed by atoms with Gasteiger partial charge in [-0.3, -0.25) is 0 Å². The first-order valence-corrected chi connectivity index (χ1v) is 6.13. The zero-order valence-electron chi connectivity index (χ0n) is 11.1. The number of hydrogen-bond donors (Lipinski definition) is 2. The number of hydrogen-bond acceptors (Lipinski definition) is 2. The average Bonchev–Trinajstić information content (AvgIpc) is 2.45. The summed E-state index contributed by atoms with van der Waals surface area (Å²) in [7, 11) is 1.48. The Balaban J connectivity index is 2.04. The number of guanidine groups is 1. The van der Waals surface area contributed by atoms with E-state index in [0.29, 0.717) is 18.0 Å². The van der Waals surface area contributed by atoms with Crippen molar-refractivity contribution >= 4 is 11.6 Å². The zero-order valence-corrected chi connectivity index (χ0v) is 11.1. The van der Waals surface area contributed by atoms with Crippen LogP contribution in [-0.4, -0.2) is 13.1 Å². The van der Waals surface area contributed by atoms with E-state index in [2.05, 4.69) is 10.3 Å². The summed E-state index contributed by atoms with van der Waals surface area (Å²) in [4.78, 5) is 4.19. The quantitative estimate of drug-likeness (QED) is 0.665. The van der Waals surface area contributed by atoms with Gasteiger partial charge >= 0.3 is 0 Å². The third-order valence-electron chi connectivity index (χ3n) is 2.65. The van der Waals surface area contributed by atoms with Gasteiger partial charge in [-0.15, -0.1) is 0 Å². The predicted octanol–water partition coefficient (Wildman–Crippen LogP) is 2.76. The molecule has 0 bridgehead atoms. The highest BCUT2D eigenvalue weighted by atomic mass is 19.1. The van der Waals surface area contributed by atoms with Gasteiger partial charge in [-0.2, -0.15) is 0 Å². The molecule has 0 saturated heterocycles. The van der Waals surface area contributed by atoms with E-state index in [-0.39, 0.29) is 5.96 Å². The number of rotatable bonds is 4. The fourth-order valence-corrected chi connectivity index (χ4v) is 1.70. The van der Waals surface area contributed by atoms with Crippen LogP contribution in [0.25, 0.3) is 0 Å². The molecular weight excluding hydrogens is 257 g/mol. The molecule has 5 heteroatoms. The molecule has 0 radical (unpaired) electrons. The number of aliphatic imine (C=N–C) groups is 1. The zero-order chi connectivity index (χ0) is 14.4. The first kappa shape index (κ1) is 13.9. The van der Waals surface area contributed by atoms with Gasteiger partial charge in [-0.05, 0) is 11.6 Å². The molecule has 3 N–H and O–H groups in total. The van der Waals surface area contributed by atoms with Gasteiger partial charge in [0.2, 0.25) is 0 Å². The SMILES string of the molecule is COc1cc(F)cc(NC(N)=NCc2ccccc2)c1. The number of nitrogens with zero attached hydrogens (tertiary/aromatic N) is 1. The Morgan fingerprint density at radius 2 is 2.00 bits per heavy atom. The highest BCUT2D eigenvalue weighted by Gasteiger charge is 2.02. The van der Waals surface area contributed by atoms with Crippen LogP contribution in [0, 0.1) is 5.82 Å². The topological polar surface area (TPSA) is 59.6 Å². The molecule has 4 nitrogen and oxygen atoms in total. The lowest BCUT2D eigenvalue weighted by Crippen LogP contribution is -2.22. The third kappa shape index (κ3) is 3.98. The van der Waals surface area contributed by atoms with E-state index in [1.165, 1.54) is 19.2 Å². The number of methoxy groups -OCH3 is 1. The van der Waals surface area contributed by atoms with Gasteiger partial charge < -0.3 is 15.8 Å². The molecule has 0 aliphatic rings. The van der Waals surface area contributed by atoms with Crippen molar-refractivity contribution in [2.75, 3.05) is 12.4 Å². The highest BCUT2D eigenvalue weighted by Crippen LogP contribution is 2.19. The molecule has 0 spiro atoms. The van der Waals surface area contributed by atoms with Gasteiger partial charge in [-0.25, -0.2) is 9.38 Å². The molecule has 0 aliphatic heterocycles. The van der Waals surface area contributed by atoms with Crippen LogP contribution >= 0.6 is 0 Å². The van der Waals surface area contributed by atoms with Crippen LogP contribution in [0.15, 0.2) is 53.5 Å². The molecule has 0 amide bonds. The molecule has 0 atom stereocenters. The van der Waals surface area contributed by atoms with E-state index >= 15 is 0 Å². The van der Waals surface area contributed by atoms with E-state index in [4.69, 9.17) is 10.5 Å². The summed E-state index contributed by atoms with van der Waals surface area (Å²) in [6, 6.07) is 14.0. The van der Waals surface area contributed by atoms with Crippen molar-refractivity contribution in [2.45, 2.75) is 6.54 Å². The lowest BCUT2D eigenvalue weighted by atomic mass is 10.2. The van der Waals surface area contributed by atoms with E-state index in [0.717, 1.165) is 5.56 Å². The standard InChI is InChI=1S/C15H16FN3O/c1-20-14-8-12(16)7-13(9-14)19-15(17)18-10-11-5-3-2-4-6-11/h2-9H,10H2,1H3,(H3,17,18,19). The summed E-state index contributed by atoms with van der Waals surface area (Å²) >= 11 is 0. The van der Waals surface area contributed by atoms with Crippen molar-refractivity contribution in [3.05, 3.63) is 59.9 Å². The predicted molar refractivity (Wildman–Crippen MR) is 78.3 cm³/mol. The Labute approximate surface area is 117 Å². The minimum atomic E-state index is -0.400. The van der Waals surface area contributed by atoms with E-state index in [1.807, 2.05) is 30.3 Å². The molecule has 0 saturated carbocycles. The van der Waals surface area contributed by atoms with Crippen molar-refractivity contribution in [3.8, 4) is 5.75 Å². The lowest BCUT2D eigenvalue weighted by Gasteiger charge is -2.08. The Kier molecular flexibility index (Phi) is 4.55. The second-order valence-corrected chi connectivity index (χ2v) is 4.19. The summed E-state index contributed by atoms with van der Waals surface area (Å²) in [6.07, 6.45) is 0. The van der Waals surface area contributed by atoms with Crippen LogP contribution in [0.5, 0.6) is 5.75 Å². The van der Waals surface area contributed by atoms with Crippen LogP contribution in [0.4, 0.5) is 10.1 Å². The Bertz CT molecular complexity index is 599. The fraction of sp³-hybridized carbons (Fsp3) is 0.133. The van der Waals surface area contributed by atoms with Crippen LogP contribution < -0.4 is 15.8 Å². The van der Waals surface area contributed by atoms with Crippen LogP contribution in [0.3, 0.4) is 0 Å². The number of anilines is 1. The first-order valence-electron chi connectivity index (χ1n) is 6.13. The van der Waals surface area contributed by atoms with Gasteiger partial charge in [0.1, 0.15) is 11.6 Å². The fourth-order valence-electron chi connectivity index (χ4n) is 1.70.